The summed E-state index contributed by atoms with van der Waals surface area (Å²) >= 11 is 12.9. The molecular weight excluding hydrogens is 471 g/mol. The number of carbonyl (C=O) groups is 1. The zero-order valence-electron chi connectivity index (χ0n) is 15.5. The van der Waals surface area contributed by atoms with E-state index in [-0.39, 0.29) is 43.6 Å². The highest BCUT2D eigenvalue weighted by molar-refractivity contribution is 7.89. The Balaban J connectivity index is 1.38. The molecule has 1 aliphatic rings. The van der Waals surface area contributed by atoms with E-state index in [1.165, 1.54) is 16.4 Å². The van der Waals surface area contributed by atoms with Crippen LogP contribution in [0.4, 0.5) is 0 Å². The van der Waals surface area contributed by atoms with E-state index in [1.807, 2.05) is 0 Å². The molecule has 3 aromatic rings. The first-order valence-corrected chi connectivity index (χ1v) is 11.9. The molecule has 158 valence electrons. The molecule has 0 atom stereocenters. The molecule has 12 heteroatoms. The van der Waals surface area contributed by atoms with Crippen molar-refractivity contribution in [2.45, 2.75) is 4.90 Å². The number of hydrogen-bond acceptors (Lipinski definition) is 7. The highest BCUT2D eigenvalue weighted by Crippen LogP contribution is 2.28. The van der Waals surface area contributed by atoms with E-state index >= 15 is 0 Å². The topological polar surface area (TPSA) is 92.7 Å². The number of benzene rings is 2. The van der Waals surface area contributed by atoms with Gasteiger partial charge in [-0.1, -0.05) is 29.3 Å². The lowest BCUT2D eigenvalue weighted by Gasteiger charge is -2.34. The monoisotopic (exact) mass is 486 g/mol. The molecule has 2 heterocycles. The van der Waals surface area contributed by atoms with Crippen LogP contribution in [0.2, 0.25) is 10.0 Å². The maximum atomic E-state index is 13.1. The van der Waals surface area contributed by atoms with Crippen LogP contribution >= 0.6 is 34.9 Å². The molecule has 0 saturated carbocycles. The first kappa shape index (κ1) is 21.3. The maximum absolute atomic E-state index is 13.1. The number of halogens is 2. The van der Waals surface area contributed by atoms with Crippen LogP contribution in [-0.4, -0.2) is 65.1 Å². The Hall–Kier alpha value is -1.98. The van der Waals surface area contributed by atoms with Crippen LogP contribution in [-0.2, 0) is 14.8 Å². The normalized spacial score (nSPS) is 15.5. The summed E-state index contributed by atoms with van der Waals surface area (Å²) in [5.74, 6) is 0.115. The Labute approximate surface area is 187 Å². The standard InChI is InChI=1S/C18H16Cl2N4O4S2/c19-12-4-5-15(13(20)10-12)28-11-17(25)23-6-8-24(9-7-23)30(26,27)16-3-1-2-14-18(16)22-29-21-14/h1-5,10H,6-9,11H2. The van der Waals surface area contributed by atoms with Gasteiger partial charge in [0.15, 0.2) is 6.61 Å². The molecule has 0 radical (unpaired) electrons. The number of nitrogens with zero attached hydrogens (tertiary/aromatic N) is 4. The van der Waals surface area contributed by atoms with Crippen LogP contribution in [0.3, 0.4) is 0 Å². The Morgan fingerprint density at radius 2 is 1.87 bits per heavy atom. The fraction of sp³-hybridized carbons (Fsp3) is 0.278. The molecule has 30 heavy (non-hydrogen) atoms. The van der Waals surface area contributed by atoms with Gasteiger partial charge < -0.3 is 9.64 Å². The summed E-state index contributed by atoms with van der Waals surface area (Å²) in [5.41, 5.74) is 0.919. The number of rotatable bonds is 5. The summed E-state index contributed by atoms with van der Waals surface area (Å²) in [6, 6.07) is 9.65. The smallest absolute Gasteiger partial charge is 0.260 e. The van der Waals surface area contributed by atoms with Crippen LogP contribution in [0.25, 0.3) is 11.0 Å². The van der Waals surface area contributed by atoms with Gasteiger partial charge in [-0.2, -0.15) is 13.1 Å². The van der Waals surface area contributed by atoms with E-state index in [9.17, 15) is 13.2 Å². The van der Waals surface area contributed by atoms with Crippen molar-refractivity contribution in [3.05, 3.63) is 46.4 Å². The number of carbonyl (C=O) groups excluding carboxylic acids is 1. The van der Waals surface area contributed by atoms with Crippen molar-refractivity contribution in [3.8, 4) is 5.75 Å². The minimum atomic E-state index is -3.73. The van der Waals surface area contributed by atoms with Crippen molar-refractivity contribution in [2.75, 3.05) is 32.8 Å². The molecule has 1 amide bonds. The molecule has 1 fully saturated rings. The van der Waals surface area contributed by atoms with Gasteiger partial charge in [0.25, 0.3) is 5.91 Å². The summed E-state index contributed by atoms with van der Waals surface area (Å²) in [6.07, 6.45) is 0. The summed E-state index contributed by atoms with van der Waals surface area (Å²) in [6.45, 7) is 0.702. The summed E-state index contributed by atoms with van der Waals surface area (Å²) in [7, 11) is -3.73. The van der Waals surface area contributed by atoms with E-state index in [0.29, 0.717) is 26.8 Å². The number of ether oxygens (including phenoxy) is 1. The van der Waals surface area contributed by atoms with Gasteiger partial charge in [-0.15, -0.1) is 0 Å². The second kappa shape index (κ2) is 8.64. The highest BCUT2D eigenvalue weighted by atomic mass is 35.5. The molecule has 0 aliphatic carbocycles. The average molecular weight is 487 g/mol. The van der Waals surface area contributed by atoms with Crippen molar-refractivity contribution in [1.29, 1.82) is 0 Å². The van der Waals surface area contributed by atoms with Crippen molar-refractivity contribution >= 4 is 61.9 Å². The number of piperazine rings is 1. The van der Waals surface area contributed by atoms with Crippen molar-refractivity contribution in [1.82, 2.24) is 18.0 Å². The molecule has 0 bridgehead atoms. The number of aromatic nitrogens is 2. The molecule has 0 spiro atoms. The quantitative estimate of drug-likeness (QED) is 0.550. The van der Waals surface area contributed by atoms with Gasteiger partial charge in [-0.05, 0) is 30.3 Å². The minimum Gasteiger partial charge on any atom is -0.482 e. The van der Waals surface area contributed by atoms with Gasteiger partial charge in [0.05, 0.1) is 16.8 Å². The molecule has 0 N–H and O–H groups in total. The summed E-state index contributed by atoms with van der Waals surface area (Å²) in [5, 5.41) is 0.789. The second-order valence-corrected chi connectivity index (χ2v) is 9.81. The fourth-order valence-corrected chi connectivity index (χ4v) is 5.77. The van der Waals surface area contributed by atoms with E-state index in [4.69, 9.17) is 27.9 Å². The maximum Gasteiger partial charge on any atom is 0.260 e. The SMILES string of the molecule is O=C(COc1ccc(Cl)cc1Cl)N1CCN(S(=O)(=O)c2cccc3nsnc23)CC1. The number of hydrogen-bond donors (Lipinski definition) is 0. The van der Waals surface area contributed by atoms with Gasteiger partial charge in [0.2, 0.25) is 10.0 Å². The number of fused-ring (bicyclic) bond motifs is 1. The third-order valence-electron chi connectivity index (χ3n) is 4.70. The van der Waals surface area contributed by atoms with Crippen LogP contribution in [0, 0.1) is 0 Å². The largest absolute Gasteiger partial charge is 0.482 e. The summed E-state index contributed by atoms with van der Waals surface area (Å²) < 4.78 is 41.2. The molecular formula is C18H16Cl2N4O4S2. The van der Waals surface area contributed by atoms with Gasteiger partial charge in [0.1, 0.15) is 21.7 Å². The van der Waals surface area contributed by atoms with Gasteiger partial charge in [-0.3, -0.25) is 4.79 Å². The lowest BCUT2D eigenvalue weighted by atomic mass is 10.3. The molecule has 8 nitrogen and oxygen atoms in total. The zero-order chi connectivity index (χ0) is 21.3. The lowest BCUT2D eigenvalue weighted by molar-refractivity contribution is -0.134. The Morgan fingerprint density at radius 3 is 2.60 bits per heavy atom. The second-order valence-electron chi connectivity index (χ2n) is 6.54. The Kier molecular flexibility index (Phi) is 6.12. The number of sulfonamides is 1. The Bertz CT molecular complexity index is 1190. The first-order valence-electron chi connectivity index (χ1n) is 8.93. The van der Waals surface area contributed by atoms with Gasteiger partial charge >= 0.3 is 0 Å². The molecule has 4 rings (SSSR count). The minimum absolute atomic E-state index is 0.134. The molecule has 0 unspecified atom stereocenters. The van der Waals surface area contributed by atoms with Gasteiger partial charge in [0, 0.05) is 31.2 Å². The van der Waals surface area contributed by atoms with E-state index in [0.717, 1.165) is 11.7 Å². The predicted molar refractivity (Wildman–Crippen MR) is 115 cm³/mol. The highest BCUT2D eigenvalue weighted by Gasteiger charge is 2.32. The van der Waals surface area contributed by atoms with Crippen LogP contribution < -0.4 is 4.74 Å². The van der Waals surface area contributed by atoms with E-state index in [2.05, 4.69) is 8.75 Å². The van der Waals surface area contributed by atoms with Crippen LogP contribution in [0.1, 0.15) is 0 Å². The average Bonchev–Trinajstić information content (AvgIpc) is 3.22. The third-order valence-corrected chi connectivity index (χ3v) is 7.71. The van der Waals surface area contributed by atoms with Gasteiger partial charge in [-0.25, -0.2) is 8.42 Å². The van der Waals surface area contributed by atoms with Crippen molar-refractivity contribution < 1.29 is 17.9 Å². The third kappa shape index (κ3) is 4.23. The Morgan fingerprint density at radius 1 is 1.10 bits per heavy atom. The molecule has 2 aromatic carbocycles. The van der Waals surface area contributed by atoms with Crippen LogP contribution in [0.5, 0.6) is 5.75 Å². The first-order chi connectivity index (χ1) is 14.4. The van der Waals surface area contributed by atoms with Crippen molar-refractivity contribution in [2.24, 2.45) is 0 Å². The van der Waals surface area contributed by atoms with E-state index < -0.39 is 10.0 Å². The predicted octanol–water partition coefficient (Wildman–Crippen LogP) is 2.91. The summed E-state index contributed by atoms with van der Waals surface area (Å²) in [4.78, 5) is 14.2. The van der Waals surface area contributed by atoms with E-state index in [1.54, 1.807) is 29.2 Å². The lowest BCUT2D eigenvalue weighted by Crippen LogP contribution is -2.51. The zero-order valence-corrected chi connectivity index (χ0v) is 18.6. The van der Waals surface area contributed by atoms with Crippen molar-refractivity contribution in [3.63, 3.8) is 0 Å². The molecule has 1 aliphatic heterocycles. The number of amides is 1. The molecule has 1 saturated heterocycles. The van der Waals surface area contributed by atoms with Crippen LogP contribution in [0.15, 0.2) is 41.3 Å². The fourth-order valence-electron chi connectivity index (χ4n) is 3.13. The molecule has 1 aromatic heterocycles.